The summed E-state index contributed by atoms with van der Waals surface area (Å²) in [5, 5.41) is 13.1. The number of carboxylic acids is 1. The molecule has 0 amide bonds. The lowest BCUT2D eigenvalue weighted by Crippen LogP contribution is -2.10. The van der Waals surface area contributed by atoms with Crippen molar-refractivity contribution in [2.45, 2.75) is 38.5 Å². The zero-order valence-electron chi connectivity index (χ0n) is 9.68. The lowest BCUT2D eigenvalue weighted by atomic mass is 10.0. The number of aromatic nitrogens is 3. The summed E-state index contributed by atoms with van der Waals surface area (Å²) >= 11 is 0. The average molecular weight is 223 g/mol. The summed E-state index contributed by atoms with van der Waals surface area (Å²) in [5.41, 5.74) is 0. The van der Waals surface area contributed by atoms with E-state index in [1.165, 1.54) is 12.8 Å². The van der Waals surface area contributed by atoms with Crippen molar-refractivity contribution in [3.63, 3.8) is 0 Å². The highest BCUT2D eigenvalue weighted by Gasteiger charge is 2.28. The number of carboxylic acid groups (broad SMARTS) is 1. The molecule has 5 heteroatoms. The highest BCUT2D eigenvalue weighted by molar-refractivity contribution is 5.66. The number of nitrogens with zero attached hydrogens (tertiary/aromatic N) is 3. The lowest BCUT2D eigenvalue weighted by molar-refractivity contribution is -0.137. The molecule has 1 fully saturated rings. The molecule has 1 aromatic rings. The van der Waals surface area contributed by atoms with Gasteiger partial charge in [-0.15, -0.1) is 0 Å². The van der Waals surface area contributed by atoms with Crippen LogP contribution in [0.1, 0.15) is 43.8 Å². The summed E-state index contributed by atoms with van der Waals surface area (Å²) in [6, 6.07) is 0. The molecule has 1 aromatic heterocycles. The molecule has 88 valence electrons. The van der Waals surface area contributed by atoms with E-state index in [0.717, 1.165) is 11.6 Å². The molecule has 0 bridgehead atoms. The standard InChI is InChI=1S/C11H17N3O2/c1-7(6-10(15)16)5-9-12-11(8-3-4-8)13-14(9)2/h7-8H,3-6H2,1-2H3,(H,15,16). The molecule has 1 aliphatic rings. The summed E-state index contributed by atoms with van der Waals surface area (Å²) in [7, 11) is 1.88. The third-order valence-electron chi connectivity index (χ3n) is 2.87. The number of aryl methyl sites for hydroxylation is 1. The van der Waals surface area contributed by atoms with Crippen LogP contribution in [0.5, 0.6) is 0 Å². The van der Waals surface area contributed by atoms with Crippen LogP contribution in [-0.4, -0.2) is 25.8 Å². The smallest absolute Gasteiger partial charge is 0.303 e. The van der Waals surface area contributed by atoms with Crippen molar-refractivity contribution >= 4 is 5.97 Å². The molecule has 0 spiro atoms. The molecule has 0 aliphatic heterocycles. The van der Waals surface area contributed by atoms with Gasteiger partial charge in [0, 0.05) is 25.8 Å². The van der Waals surface area contributed by atoms with Crippen LogP contribution in [0.2, 0.25) is 0 Å². The van der Waals surface area contributed by atoms with Crippen LogP contribution in [-0.2, 0) is 18.3 Å². The Morgan fingerprint density at radius 3 is 2.88 bits per heavy atom. The van der Waals surface area contributed by atoms with Crippen molar-refractivity contribution in [2.75, 3.05) is 0 Å². The molecule has 0 radical (unpaired) electrons. The van der Waals surface area contributed by atoms with E-state index >= 15 is 0 Å². The fourth-order valence-electron chi connectivity index (χ4n) is 1.81. The molecule has 16 heavy (non-hydrogen) atoms. The van der Waals surface area contributed by atoms with Crippen LogP contribution in [0.25, 0.3) is 0 Å². The predicted molar refractivity (Wildman–Crippen MR) is 58.1 cm³/mol. The van der Waals surface area contributed by atoms with Crippen LogP contribution in [0.3, 0.4) is 0 Å². The molecule has 1 unspecified atom stereocenters. The van der Waals surface area contributed by atoms with Gasteiger partial charge in [-0.3, -0.25) is 9.48 Å². The fraction of sp³-hybridized carbons (Fsp3) is 0.727. The minimum Gasteiger partial charge on any atom is -0.481 e. The average Bonchev–Trinajstić information content (AvgIpc) is 2.92. The van der Waals surface area contributed by atoms with Gasteiger partial charge in [0.2, 0.25) is 0 Å². The van der Waals surface area contributed by atoms with Gasteiger partial charge in [0.05, 0.1) is 0 Å². The van der Waals surface area contributed by atoms with Gasteiger partial charge in [0.15, 0.2) is 5.82 Å². The highest BCUT2D eigenvalue weighted by Crippen LogP contribution is 2.38. The molecule has 0 saturated heterocycles. The molecule has 1 N–H and O–H groups in total. The van der Waals surface area contributed by atoms with Crippen molar-refractivity contribution < 1.29 is 9.90 Å². The van der Waals surface area contributed by atoms with E-state index in [2.05, 4.69) is 10.1 Å². The van der Waals surface area contributed by atoms with E-state index in [0.29, 0.717) is 12.3 Å². The number of hydrogen-bond donors (Lipinski definition) is 1. The first-order valence-electron chi connectivity index (χ1n) is 5.68. The topological polar surface area (TPSA) is 68.0 Å². The maximum atomic E-state index is 10.6. The first-order valence-corrected chi connectivity index (χ1v) is 5.68. The Kier molecular flexibility index (Phi) is 2.94. The quantitative estimate of drug-likeness (QED) is 0.818. The zero-order chi connectivity index (χ0) is 11.7. The largest absolute Gasteiger partial charge is 0.481 e. The summed E-state index contributed by atoms with van der Waals surface area (Å²) < 4.78 is 1.78. The first-order chi connectivity index (χ1) is 7.56. The third-order valence-corrected chi connectivity index (χ3v) is 2.87. The molecule has 2 rings (SSSR count). The van der Waals surface area contributed by atoms with Gasteiger partial charge in [0.25, 0.3) is 0 Å². The second-order valence-electron chi connectivity index (χ2n) is 4.69. The summed E-state index contributed by atoms with van der Waals surface area (Å²) in [6.45, 7) is 1.93. The van der Waals surface area contributed by atoms with Gasteiger partial charge >= 0.3 is 5.97 Å². The zero-order valence-corrected chi connectivity index (χ0v) is 9.68. The molecule has 1 saturated carbocycles. The predicted octanol–water partition coefficient (Wildman–Crippen LogP) is 1.35. The van der Waals surface area contributed by atoms with Crippen LogP contribution in [0.15, 0.2) is 0 Å². The first kappa shape index (κ1) is 11.1. The van der Waals surface area contributed by atoms with Crippen molar-refractivity contribution in [3.8, 4) is 0 Å². The fourth-order valence-corrected chi connectivity index (χ4v) is 1.81. The van der Waals surface area contributed by atoms with Crippen LogP contribution >= 0.6 is 0 Å². The van der Waals surface area contributed by atoms with Crippen LogP contribution in [0, 0.1) is 5.92 Å². The third kappa shape index (κ3) is 2.59. The van der Waals surface area contributed by atoms with E-state index in [1.54, 1.807) is 4.68 Å². The van der Waals surface area contributed by atoms with Gasteiger partial charge in [-0.1, -0.05) is 6.92 Å². The molecule has 0 aromatic carbocycles. The van der Waals surface area contributed by atoms with Crippen molar-refractivity contribution in [1.82, 2.24) is 14.8 Å². The van der Waals surface area contributed by atoms with Gasteiger partial charge in [-0.05, 0) is 18.8 Å². The Hall–Kier alpha value is -1.39. The molecular weight excluding hydrogens is 206 g/mol. The molecule has 5 nitrogen and oxygen atoms in total. The van der Waals surface area contributed by atoms with Crippen LogP contribution in [0.4, 0.5) is 0 Å². The Morgan fingerprint density at radius 1 is 1.62 bits per heavy atom. The Morgan fingerprint density at radius 2 is 2.31 bits per heavy atom. The number of aliphatic carboxylic acids is 1. The highest BCUT2D eigenvalue weighted by atomic mass is 16.4. The molecule has 1 atom stereocenters. The van der Waals surface area contributed by atoms with Crippen molar-refractivity contribution in [3.05, 3.63) is 11.6 Å². The minimum atomic E-state index is -0.753. The summed E-state index contributed by atoms with van der Waals surface area (Å²) in [6.07, 6.45) is 3.25. The SMILES string of the molecule is CC(CC(=O)O)Cc1nc(C2CC2)nn1C. The monoisotopic (exact) mass is 223 g/mol. The van der Waals surface area contributed by atoms with E-state index < -0.39 is 5.97 Å². The number of rotatable bonds is 5. The lowest BCUT2D eigenvalue weighted by Gasteiger charge is -2.06. The normalized spacial score (nSPS) is 17.4. The summed E-state index contributed by atoms with van der Waals surface area (Å²) in [5.74, 6) is 1.73. The Bertz CT molecular complexity index is 396. The van der Waals surface area contributed by atoms with Crippen molar-refractivity contribution in [1.29, 1.82) is 0 Å². The second-order valence-corrected chi connectivity index (χ2v) is 4.69. The molecule has 1 heterocycles. The summed E-state index contributed by atoms with van der Waals surface area (Å²) in [4.78, 5) is 15.0. The Labute approximate surface area is 94.5 Å². The Balaban J connectivity index is 2.00. The van der Waals surface area contributed by atoms with E-state index in [1.807, 2.05) is 14.0 Å². The van der Waals surface area contributed by atoms with Crippen molar-refractivity contribution in [2.24, 2.45) is 13.0 Å². The molecule has 1 aliphatic carbocycles. The van der Waals surface area contributed by atoms with E-state index in [9.17, 15) is 4.79 Å². The van der Waals surface area contributed by atoms with E-state index in [4.69, 9.17) is 5.11 Å². The molecular formula is C11H17N3O2. The second kappa shape index (κ2) is 4.23. The van der Waals surface area contributed by atoms with Gasteiger partial charge in [-0.2, -0.15) is 5.10 Å². The maximum absolute atomic E-state index is 10.6. The minimum absolute atomic E-state index is 0.104. The number of hydrogen-bond acceptors (Lipinski definition) is 3. The van der Waals surface area contributed by atoms with Gasteiger partial charge in [0.1, 0.15) is 5.82 Å². The van der Waals surface area contributed by atoms with Gasteiger partial charge in [-0.25, -0.2) is 4.98 Å². The van der Waals surface area contributed by atoms with Crippen LogP contribution < -0.4 is 0 Å². The maximum Gasteiger partial charge on any atom is 0.303 e. The van der Waals surface area contributed by atoms with Gasteiger partial charge < -0.3 is 5.11 Å². The van der Waals surface area contributed by atoms with E-state index in [-0.39, 0.29) is 12.3 Å². The number of carbonyl (C=O) groups is 1.